The zero-order valence-corrected chi connectivity index (χ0v) is 18.5. The van der Waals surface area contributed by atoms with Crippen LogP contribution in [-0.4, -0.2) is 39.5 Å². The number of rotatable bonds is 9. The van der Waals surface area contributed by atoms with Gasteiger partial charge in [-0.25, -0.2) is 4.79 Å². The van der Waals surface area contributed by atoms with Crippen molar-refractivity contribution in [2.75, 3.05) is 18.2 Å². The third-order valence-electron chi connectivity index (χ3n) is 4.14. The van der Waals surface area contributed by atoms with Crippen molar-refractivity contribution >= 4 is 40.0 Å². The number of thioether (sulfide) groups is 1. The Morgan fingerprint density at radius 1 is 1.23 bits per heavy atom. The number of thiophene rings is 1. The Hall–Kier alpha value is -2.85. The summed E-state index contributed by atoms with van der Waals surface area (Å²) in [5.41, 5.74) is 0.340. The van der Waals surface area contributed by atoms with Crippen LogP contribution in [0.4, 0.5) is 5.00 Å². The van der Waals surface area contributed by atoms with Crippen molar-refractivity contribution in [3.63, 3.8) is 0 Å². The van der Waals surface area contributed by atoms with Crippen LogP contribution in [0, 0.1) is 0 Å². The molecule has 1 unspecified atom stereocenters. The summed E-state index contributed by atoms with van der Waals surface area (Å²) in [5, 5.41) is 14.1. The van der Waals surface area contributed by atoms with E-state index >= 15 is 0 Å². The van der Waals surface area contributed by atoms with Gasteiger partial charge in [-0.1, -0.05) is 30.0 Å². The van der Waals surface area contributed by atoms with Gasteiger partial charge in [0.2, 0.25) is 5.91 Å². The van der Waals surface area contributed by atoms with Crippen molar-refractivity contribution < 1.29 is 19.1 Å². The van der Waals surface area contributed by atoms with Crippen LogP contribution in [0.5, 0.6) is 5.75 Å². The Morgan fingerprint density at radius 3 is 2.70 bits per heavy atom. The highest BCUT2D eigenvalue weighted by Gasteiger charge is 2.20. The van der Waals surface area contributed by atoms with E-state index in [1.54, 1.807) is 11.4 Å². The van der Waals surface area contributed by atoms with E-state index in [-0.39, 0.29) is 17.8 Å². The van der Waals surface area contributed by atoms with E-state index in [4.69, 9.17) is 9.47 Å². The first-order valence-corrected chi connectivity index (χ1v) is 11.1. The summed E-state index contributed by atoms with van der Waals surface area (Å²) >= 11 is 2.54. The van der Waals surface area contributed by atoms with Crippen LogP contribution in [0.1, 0.15) is 36.1 Å². The first-order chi connectivity index (χ1) is 14.5. The number of anilines is 1. The number of nitrogens with zero attached hydrogens (tertiary/aromatic N) is 3. The lowest BCUT2D eigenvalue weighted by Gasteiger charge is -2.15. The number of hydrogen-bond acceptors (Lipinski definition) is 8. The highest BCUT2D eigenvalue weighted by atomic mass is 32.2. The minimum atomic E-state index is -0.484. The maximum atomic E-state index is 12.4. The topological polar surface area (TPSA) is 95.3 Å². The molecule has 0 aliphatic carbocycles. The van der Waals surface area contributed by atoms with Crippen LogP contribution >= 0.6 is 23.1 Å². The van der Waals surface area contributed by atoms with Crippen LogP contribution in [0.15, 0.2) is 46.9 Å². The lowest BCUT2D eigenvalue weighted by Crippen LogP contribution is -2.16. The summed E-state index contributed by atoms with van der Waals surface area (Å²) in [4.78, 5) is 24.1. The molecule has 0 aliphatic rings. The number of ether oxygens (including phenoxy) is 2. The lowest BCUT2D eigenvalue weighted by molar-refractivity contribution is -0.113. The molecular formula is C20H22N4O4S2. The minimum Gasteiger partial charge on any atom is -0.483 e. The van der Waals surface area contributed by atoms with Crippen LogP contribution in [-0.2, 0) is 16.1 Å². The lowest BCUT2D eigenvalue weighted by atomic mass is 10.3. The van der Waals surface area contributed by atoms with Crippen LogP contribution in [0.3, 0.4) is 0 Å². The molecule has 2 heterocycles. The average Bonchev–Trinajstić information content (AvgIpc) is 3.39. The van der Waals surface area contributed by atoms with E-state index in [1.807, 2.05) is 48.7 Å². The van der Waals surface area contributed by atoms with Gasteiger partial charge in [-0.3, -0.25) is 4.79 Å². The number of benzene rings is 1. The quantitative estimate of drug-likeness (QED) is 0.392. The molecule has 0 saturated carbocycles. The van der Waals surface area contributed by atoms with E-state index < -0.39 is 5.97 Å². The van der Waals surface area contributed by atoms with Crippen molar-refractivity contribution in [1.29, 1.82) is 0 Å². The molecule has 1 atom stereocenters. The normalized spacial score (nSPS) is 11.7. The Bertz CT molecular complexity index is 1000. The van der Waals surface area contributed by atoms with E-state index in [1.165, 1.54) is 30.2 Å². The second kappa shape index (κ2) is 10.3. The van der Waals surface area contributed by atoms with Gasteiger partial charge in [0.1, 0.15) is 10.8 Å². The molecule has 30 heavy (non-hydrogen) atoms. The van der Waals surface area contributed by atoms with Crippen LogP contribution in [0.25, 0.3) is 0 Å². The fraction of sp³-hybridized carbons (Fsp3) is 0.300. The molecule has 0 radical (unpaired) electrons. The van der Waals surface area contributed by atoms with Gasteiger partial charge in [0.25, 0.3) is 0 Å². The largest absolute Gasteiger partial charge is 0.483 e. The Kier molecular flexibility index (Phi) is 7.47. The van der Waals surface area contributed by atoms with E-state index in [2.05, 4.69) is 15.5 Å². The predicted octanol–water partition coefficient (Wildman–Crippen LogP) is 4.02. The van der Waals surface area contributed by atoms with E-state index in [9.17, 15) is 9.59 Å². The molecule has 0 bridgehead atoms. The van der Waals surface area contributed by atoms with Crippen molar-refractivity contribution in [3.8, 4) is 5.75 Å². The molecule has 3 aromatic rings. The van der Waals surface area contributed by atoms with Gasteiger partial charge in [-0.15, -0.1) is 21.5 Å². The van der Waals surface area contributed by atoms with Gasteiger partial charge in [-0.2, -0.15) is 0 Å². The van der Waals surface area contributed by atoms with Crippen LogP contribution < -0.4 is 10.1 Å². The number of amides is 1. The predicted molar refractivity (Wildman–Crippen MR) is 116 cm³/mol. The first-order valence-electron chi connectivity index (χ1n) is 9.26. The molecule has 2 aromatic heterocycles. The highest BCUT2D eigenvalue weighted by molar-refractivity contribution is 7.99. The second-order valence-electron chi connectivity index (χ2n) is 6.15. The molecule has 0 fully saturated rings. The van der Waals surface area contributed by atoms with E-state index in [0.29, 0.717) is 28.1 Å². The van der Waals surface area contributed by atoms with Gasteiger partial charge in [0, 0.05) is 6.54 Å². The second-order valence-corrected chi connectivity index (χ2v) is 8.01. The maximum absolute atomic E-state index is 12.4. The first kappa shape index (κ1) is 21.8. The monoisotopic (exact) mass is 446 g/mol. The number of hydrogen-bond donors (Lipinski definition) is 1. The third kappa shape index (κ3) is 5.19. The smallest absolute Gasteiger partial charge is 0.340 e. The number of para-hydroxylation sites is 1. The third-order valence-corrected chi connectivity index (χ3v) is 5.93. The Balaban J connectivity index is 1.62. The molecular weight excluding hydrogens is 424 g/mol. The number of esters is 1. The molecule has 0 spiro atoms. The van der Waals surface area contributed by atoms with Gasteiger partial charge < -0.3 is 19.4 Å². The minimum absolute atomic E-state index is 0.130. The molecule has 10 heteroatoms. The summed E-state index contributed by atoms with van der Waals surface area (Å²) in [6.07, 6.45) is -0.295. The van der Waals surface area contributed by atoms with Crippen molar-refractivity contribution in [1.82, 2.24) is 14.8 Å². The molecule has 3 rings (SSSR count). The Morgan fingerprint density at radius 2 is 2.00 bits per heavy atom. The summed E-state index contributed by atoms with van der Waals surface area (Å²) in [5.74, 6) is 0.845. The number of methoxy groups -OCH3 is 1. The molecule has 0 aliphatic heterocycles. The molecule has 0 saturated heterocycles. The number of nitrogens with one attached hydrogen (secondary N) is 1. The summed E-state index contributed by atoms with van der Waals surface area (Å²) in [6, 6.07) is 11.1. The van der Waals surface area contributed by atoms with Crippen LogP contribution in [0.2, 0.25) is 0 Å². The molecule has 158 valence electrons. The van der Waals surface area contributed by atoms with E-state index in [0.717, 1.165) is 5.75 Å². The molecule has 1 amide bonds. The fourth-order valence-corrected chi connectivity index (χ4v) is 4.33. The van der Waals surface area contributed by atoms with Crippen molar-refractivity contribution in [2.24, 2.45) is 0 Å². The van der Waals surface area contributed by atoms with Gasteiger partial charge in [-0.05, 0) is 37.4 Å². The number of aromatic nitrogens is 3. The Labute approximate surface area is 182 Å². The van der Waals surface area contributed by atoms with Gasteiger partial charge in [0.15, 0.2) is 17.1 Å². The van der Waals surface area contributed by atoms with Gasteiger partial charge >= 0.3 is 5.97 Å². The van der Waals surface area contributed by atoms with Crippen molar-refractivity contribution in [3.05, 3.63) is 53.2 Å². The molecule has 1 N–H and O–H groups in total. The maximum Gasteiger partial charge on any atom is 0.340 e. The SMILES string of the molecule is CCn1c(SCC(=O)Nc2sccc2C(=O)OC)nnc1C(C)Oc1ccccc1. The standard InChI is InChI=1S/C20H22N4O4S2/c1-4-24-17(13(2)28-14-8-6-5-7-9-14)22-23-20(24)30-12-16(25)21-18-15(10-11-29-18)19(26)27-3/h5-11,13H,4,12H2,1-3H3,(H,21,25). The summed E-state index contributed by atoms with van der Waals surface area (Å²) in [6.45, 7) is 4.54. The zero-order valence-electron chi connectivity index (χ0n) is 16.8. The zero-order chi connectivity index (χ0) is 21.5. The molecule has 8 nitrogen and oxygen atoms in total. The number of carbonyl (C=O) groups is 2. The summed E-state index contributed by atoms with van der Waals surface area (Å²) in [7, 11) is 1.30. The molecule has 1 aromatic carbocycles. The average molecular weight is 447 g/mol. The number of carbonyl (C=O) groups excluding carboxylic acids is 2. The fourth-order valence-electron chi connectivity index (χ4n) is 2.73. The highest BCUT2D eigenvalue weighted by Crippen LogP contribution is 2.26. The summed E-state index contributed by atoms with van der Waals surface area (Å²) < 4.78 is 12.6. The van der Waals surface area contributed by atoms with Crippen molar-refractivity contribution in [2.45, 2.75) is 31.7 Å². The van der Waals surface area contributed by atoms with Gasteiger partial charge in [0.05, 0.1) is 18.4 Å².